The van der Waals surface area contributed by atoms with E-state index < -0.39 is 0 Å². The minimum atomic E-state index is 0.121. The minimum absolute atomic E-state index is 0.121. The average Bonchev–Trinajstić information content (AvgIpc) is 2.57. The molecule has 0 aromatic heterocycles. The second-order valence-corrected chi connectivity index (χ2v) is 4.89. The second-order valence-electron chi connectivity index (χ2n) is 4.89. The highest BCUT2D eigenvalue weighted by atomic mass is 16.2. The maximum Gasteiger partial charge on any atom is 0.240 e. The third kappa shape index (κ3) is 2.51. The van der Waals surface area contributed by atoms with Crippen molar-refractivity contribution in [3.8, 4) is 0 Å². The molecule has 0 aromatic rings. The number of rotatable bonds is 4. The van der Waals surface area contributed by atoms with E-state index in [0.717, 1.165) is 19.5 Å². The van der Waals surface area contributed by atoms with E-state index in [4.69, 9.17) is 0 Å². The van der Waals surface area contributed by atoms with Gasteiger partial charge in [-0.2, -0.15) is 0 Å². The highest BCUT2D eigenvalue weighted by molar-refractivity contribution is 5.84. The number of amides is 1. The van der Waals surface area contributed by atoms with Gasteiger partial charge in [-0.15, -0.1) is 0 Å². The summed E-state index contributed by atoms with van der Waals surface area (Å²) in [5.41, 5.74) is 0. The van der Waals surface area contributed by atoms with E-state index in [1.54, 1.807) is 0 Å². The quantitative estimate of drug-likeness (QED) is 0.706. The van der Waals surface area contributed by atoms with E-state index in [1.165, 1.54) is 0 Å². The van der Waals surface area contributed by atoms with Crippen molar-refractivity contribution in [3.63, 3.8) is 0 Å². The van der Waals surface area contributed by atoms with E-state index in [-0.39, 0.29) is 6.04 Å². The molecule has 15 heavy (non-hydrogen) atoms. The Kier molecular flexibility index (Phi) is 4.14. The number of hydrogen-bond donors (Lipinski definition) is 0. The summed E-state index contributed by atoms with van der Waals surface area (Å²) in [6.45, 7) is 10.5. The number of likely N-dealkylation sites (N-methyl/N-ethyl adjacent to an activating group) is 1. The van der Waals surface area contributed by atoms with Crippen LogP contribution in [0.5, 0.6) is 0 Å². The SMILES string of the molecule is CCN(C)C1CCN(C(C)C(C)C)C1=O. The van der Waals surface area contributed by atoms with Crippen LogP contribution in [0.15, 0.2) is 0 Å². The van der Waals surface area contributed by atoms with E-state index >= 15 is 0 Å². The van der Waals surface area contributed by atoms with Crippen molar-refractivity contribution in [2.45, 2.75) is 46.2 Å². The maximum atomic E-state index is 12.1. The summed E-state index contributed by atoms with van der Waals surface area (Å²) in [7, 11) is 2.03. The molecule has 2 unspecified atom stereocenters. The molecular formula is C12H24N2O. The summed E-state index contributed by atoms with van der Waals surface area (Å²) in [6, 6.07) is 0.490. The lowest BCUT2D eigenvalue weighted by Crippen LogP contribution is -2.44. The molecule has 88 valence electrons. The van der Waals surface area contributed by atoms with Gasteiger partial charge in [-0.25, -0.2) is 0 Å². The molecule has 0 aromatic carbocycles. The first kappa shape index (κ1) is 12.5. The standard InChI is InChI=1S/C12H24N2O/c1-6-13(5)11-7-8-14(12(11)15)10(4)9(2)3/h9-11H,6-8H2,1-5H3. The Morgan fingerprint density at radius 3 is 2.53 bits per heavy atom. The van der Waals surface area contributed by atoms with Crippen LogP contribution in [0.1, 0.15) is 34.1 Å². The average molecular weight is 212 g/mol. The van der Waals surface area contributed by atoms with Crippen LogP contribution in [0.2, 0.25) is 0 Å². The molecule has 0 radical (unpaired) electrons. The topological polar surface area (TPSA) is 23.6 Å². The number of nitrogens with zero attached hydrogens (tertiary/aromatic N) is 2. The molecular weight excluding hydrogens is 188 g/mol. The smallest absolute Gasteiger partial charge is 0.240 e. The van der Waals surface area contributed by atoms with Gasteiger partial charge in [-0.3, -0.25) is 9.69 Å². The first-order valence-electron chi connectivity index (χ1n) is 5.99. The van der Waals surface area contributed by atoms with Gasteiger partial charge in [0.05, 0.1) is 6.04 Å². The molecule has 1 rings (SSSR count). The van der Waals surface area contributed by atoms with Crippen LogP contribution in [0, 0.1) is 5.92 Å². The zero-order chi connectivity index (χ0) is 11.6. The molecule has 1 heterocycles. The van der Waals surface area contributed by atoms with Gasteiger partial charge < -0.3 is 4.90 Å². The molecule has 1 fully saturated rings. The Bertz CT molecular complexity index is 228. The predicted molar refractivity (Wildman–Crippen MR) is 62.7 cm³/mol. The Balaban J connectivity index is 2.64. The Morgan fingerprint density at radius 1 is 1.47 bits per heavy atom. The van der Waals surface area contributed by atoms with E-state index in [2.05, 4.69) is 32.6 Å². The van der Waals surface area contributed by atoms with Gasteiger partial charge in [0.15, 0.2) is 0 Å². The molecule has 3 nitrogen and oxygen atoms in total. The predicted octanol–water partition coefficient (Wildman–Crippen LogP) is 1.58. The van der Waals surface area contributed by atoms with Crippen molar-refractivity contribution in [1.29, 1.82) is 0 Å². The van der Waals surface area contributed by atoms with Gasteiger partial charge in [0, 0.05) is 12.6 Å². The molecule has 1 aliphatic heterocycles. The minimum Gasteiger partial charge on any atom is -0.338 e. The molecule has 0 bridgehead atoms. The molecule has 1 saturated heterocycles. The van der Waals surface area contributed by atoms with Gasteiger partial charge in [0.25, 0.3) is 0 Å². The summed E-state index contributed by atoms with van der Waals surface area (Å²) >= 11 is 0. The molecule has 0 saturated carbocycles. The fourth-order valence-electron chi connectivity index (χ4n) is 2.08. The first-order valence-corrected chi connectivity index (χ1v) is 5.99. The number of hydrogen-bond acceptors (Lipinski definition) is 2. The summed E-state index contributed by atoms with van der Waals surface area (Å²) in [5.74, 6) is 0.861. The van der Waals surface area contributed by atoms with E-state index in [0.29, 0.717) is 17.9 Å². The van der Waals surface area contributed by atoms with Gasteiger partial charge in [-0.1, -0.05) is 20.8 Å². The highest BCUT2D eigenvalue weighted by Gasteiger charge is 2.36. The zero-order valence-corrected chi connectivity index (χ0v) is 10.7. The van der Waals surface area contributed by atoms with Crippen molar-refractivity contribution in [1.82, 2.24) is 9.80 Å². The monoisotopic (exact) mass is 212 g/mol. The van der Waals surface area contributed by atoms with Crippen LogP contribution < -0.4 is 0 Å². The summed E-state index contributed by atoms with van der Waals surface area (Å²) < 4.78 is 0. The molecule has 1 amide bonds. The van der Waals surface area contributed by atoms with Crippen molar-refractivity contribution < 1.29 is 4.79 Å². The maximum absolute atomic E-state index is 12.1. The van der Waals surface area contributed by atoms with Crippen LogP contribution >= 0.6 is 0 Å². The van der Waals surface area contributed by atoms with Crippen LogP contribution in [0.25, 0.3) is 0 Å². The molecule has 0 N–H and O–H groups in total. The van der Waals surface area contributed by atoms with Crippen LogP contribution in [-0.4, -0.2) is 47.9 Å². The van der Waals surface area contributed by atoms with Gasteiger partial charge in [0.1, 0.15) is 0 Å². The van der Waals surface area contributed by atoms with Gasteiger partial charge in [0.2, 0.25) is 5.91 Å². The van der Waals surface area contributed by atoms with Crippen molar-refractivity contribution in [2.24, 2.45) is 5.92 Å². The Morgan fingerprint density at radius 2 is 2.07 bits per heavy atom. The molecule has 2 atom stereocenters. The fraction of sp³-hybridized carbons (Fsp3) is 0.917. The molecule has 0 spiro atoms. The largest absolute Gasteiger partial charge is 0.338 e. The van der Waals surface area contributed by atoms with Crippen molar-refractivity contribution >= 4 is 5.91 Å². The number of carbonyl (C=O) groups excluding carboxylic acids is 1. The lowest BCUT2D eigenvalue weighted by Gasteiger charge is -2.29. The van der Waals surface area contributed by atoms with E-state index in [9.17, 15) is 4.79 Å². The fourth-order valence-corrected chi connectivity index (χ4v) is 2.08. The third-order valence-electron chi connectivity index (χ3n) is 3.70. The third-order valence-corrected chi connectivity index (χ3v) is 3.70. The second kappa shape index (κ2) is 4.97. The molecule has 3 heteroatoms. The number of carbonyl (C=O) groups is 1. The van der Waals surface area contributed by atoms with E-state index in [1.807, 2.05) is 11.9 Å². The van der Waals surface area contributed by atoms with Gasteiger partial charge >= 0.3 is 0 Å². The van der Waals surface area contributed by atoms with Crippen LogP contribution in [0.4, 0.5) is 0 Å². The zero-order valence-electron chi connectivity index (χ0n) is 10.7. The lowest BCUT2D eigenvalue weighted by molar-refractivity contribution is -0.134. The van der Waals surface area contributed by atoms with Crippen LogP contribution in [-0.2, 0) is 4.79 Å². The summed E-state index contributed by atoms with van der Waals surface area (Å²) in [4.78, 5) is 16.3. The van der Waals surface area contributed by atoms with Crippen LogP contribution in [0.3, 0.4) is 0 Å². The number of likely N-dealkylation sites (tertiary alicyclic amines) is 1. The normalized spacial score (nSPS) is 24.3. The van der Waals surface area contributed by atoms with Gasteiger partial charge in [-0.05, 0) is 32.9 Å². The molecule has 0 aliphatic carbocycles. The van der Waals surface area contributed by atoms with Crippen molar-refractivity contribution in [2.75, 3.05) is 20.1 Å². The Labute approximate surface area is 93.4 Å². The first-order chi connectivity index (χ1) is 6.99. The lowest BCUT2D eigenvalue weighted by atomic mass is 10.1. The summed E-state index contributed by atoms with van der Waals surface area (Å²) in [6.07, 6.45) is 0.986. The molecule has 1 aliphatic rings. The summed E-state index contributed by atoms with van der Waals surface area (Å²) in [5, 5.41) is 0. The Hall–Kier alpha value is -0.570. The van der Waals surface area contributed by atoms with Crippen molar-refractivity contribution in [3.05, 3.63) is 0 Å². The highest BCUT2D eigenvalue weighted by Crippen LogP contribution is 2.21.